The fraction of sp³-hybridized carbons (Fsp3) is 0.400. The summed E-state index contributed by atoms with van der Waals surface area (Å²) in [4.78, 5) is 0. The smallest absolute Gasteiger partial charge is 0.142 e. The fourth-order valence-electron chi connectivity index (χ4n) is 3.62. The summed E-state index contributed by atoms with van der Waals surface area (Å²) in [6, 6.07) is 12.0. The average Bonchev–Trinajstić information content (AvgIpc) is 3.03. The molecule has 1 aliphatic rings. The second-order valence-electron chi connectivity index (χ2n) is 7.28. The summed E-state index contributed by atoms with van der Waals surface area (Å²) in [7, 11) is 0. The summed E-state index contributed by atoms with van der Waals surface area (Å²) < 4.78 is 13.5. The average molecular weight is 332 g/mol. The van der Waals surface area contributed by atoms with E-state index in [1.807, 2.05) is 6.92 Å². The molecule has 122 valence electrons. The molecular weight excluding hydrogens is 309 g/mol. The highest BCUT2D eigenvalue weighted by Crippen LogP contribution is 2.64. The lowest BCUT2D eigenvalue weighted by atomic mass is 10.0. The Morgan fingerprint density at radius 1 is 1.13 bits per heavy atom. The van der Waals surface area contributed by atoms with Crippen LogP contribution in [0.2, 0.25) is 5.02 Å². The van der Waals surface area contributed by atoms with Gasteiger partial charge in [-0.1, -0.05) is 55.3 Å². The van der Waals surface area contributed by atoms with Gasteiger partial charge in [0.2, 0.25) is 0 Å². The lowest BCUT2D eigenvalue weighted by Crippen LogP contribution is -2.08. The zero-order chi connectivity index (χ0) is 16.8. The molecule has 0 bridgehead atoms. The van der Waals surface area contributed by atoms with Crippen molar-refractivity contribution in [3.05, 3.63) is 63.9 Å². The second kappa shape index (κ2) is 5.83. The highest BCUT2D eigenvalue weighted by Gasteiger charge is 2.57. The first-order chi connectivity index (χ1) is 10.8. The van der Waals surface area contributed by atoms with Gasteiger partial charge in [0.05, 0.1) is 5.02 Å². The van der Waals surface area contributed by atoms with Gasteiger partial charge in [0.15, 0.2) is 0 Å². The van der Waals surface area contributed by atoms with Crippen LogP contribution in [0, 0.1) is 31.0 Å². The number of benzene rings is 2. The molecule has 1 fully saturated rings. The topological polar surface area (TPSA) is 12.0 Å². The predicted molar refractivity (Wildman–Crippen MR) is 95.8 cm³/mol. The Bertz CT molecular complexity index is 721. The number of rotatable bonds is 4. The standard InChI is InChI=1S/C20H23ClFN/c1-12-5-7-14(8-6-12)19-15(20(19,3)4)11-23-18-10-16(21)17(22)9-13(18)2/h5-10,15,19,23H,11H2,1-4H3/t15-,19-/m1/s1. The monoisotopic (exact) mass is 331 g/mol. The Morgan fingerprint density at radius 3 is 2.43 bits per heavy atom. The van der Waals surface area contributed by atoms with E-state index < -0.39 is 0 Å². The molecule has 1 N–H and O–H groups in total. The maximum Gasteiger partial charge on any atom is 0.142 e. The molecule has 0 aromatic heterocycles. The summed E-state index contributed by atoms with van der Waals surface area (Å²) >= 11 is 5.90. The van der Waals surface area contributed by atoms with E-state index in [4.69, 9.17) is 11.6 Å². The molecule has 0 spiro atoms. The SMILES string of the molecule is Cc1ccc([C@@H]2[C@@H](CNc3cc(Cl)c(F)cc3C)C2(C)C)cc1. The van der Waals surface area contributed by atoms with Gasteiger partial charge in [0.1, 0.15) is 5.82 Å². The zero-order valence-corrected chi connectivity index (χ0v) is 14.8. The van der Waals surface area contributed by atoms with Gasteiger partial charge in [0.25, 0.3) is 0 Å². The molecule has 0 radical (unpaired) electrons. The Labute approximate surface area is 142 Å². The molecule has 0 saturated heterocycles. The highest BCUT2D eigenvalue weighted by molar-refractivity contribution is 6.31. The summed E-state index contributed by atoms with van der Waals surface area (Å²) in [5.74, 6) is 0.763. The molecule has 2 atom stereocenters. The molecule has 0 aliphatic heterocycles. The van der Waals surface area contributed by atoms with E-state index in [0.717, 1.165) is 17.8 Å². The van der Waals surface area contributed by atoms with Gasteiger partial charge in [-0.3, -0.25) is 0 Å². The summed E-state index contributed by atoms with van der Waals surface area (Å²) in [5, 5.41) is 3.63. The molecule has 23 heavy (non-hydrogen) atoms. The van der Waals surface area contributed by atoms with Gasteiger partial charge in [0, 0.05) is 12.2 Å². The summed E-state index contributed by atoms with van der Waals surface area (Å²) in [5.41, 5.74) is 4.78. The molecule has 3 heteroatoms. The number of halogens is 2. The quantitative estimate of drug-likeness (QED) is 0.730. The lowest BCUT2D eigenvalue weighted by Gasteiger charge is -2.11. The molecule has 1 saturated carbocycles. The first-order valence-corrected chi connectivity index (χ1v) is 8.44. The Balaban J connectivity index is 1.71. The van der Waals surface area contributed by atoms with Crippen molar-refractivity contribution < 1.29 is 4.39 Å². The van der Waals surface area contributed by atoms with Crippen LogP contribution in [0.5, 0.6) is 0 Å². The number of aryl methyl sites for hydroxylation is 2. The van der Waals surface area contributed by atoms with Crippen LogP contribution in [-0.2, 0) is 0 Å². The minimum absolute atomic E-state index is 0.170. The van der Waals surface area contributed by atoms with E-state index in [9.17, 15) is 4.39 Å². The van der Waals surface area contributed by atoms with E-state index in [-0.39, 0.29) is 16.3 Å². The van der Waals surface area contributed by atoms with Crippen molar-refractivity contribution in [2.45, 2.75) is 33.6 Å². The van der Waals surface area contributed by atoms with Gasteiger partial charge in [-0.05, 0) is 54.4 Å². The first kappa shape index (κ1) is 16.3. The third kappa shape index (κ3) is 3.10. The maximum absolute atomic E-state index is 13.5. The molecule has 3 rings (SSSR count). The van der Waals surface area contributed by atoms with E-state index in [1.54, 1.807) is 6.07 Å². The minimum Gasteiger partial charge on any atom is -0.384 e. The van der Waals surface area contributed by atoms with Crippen LogP contribution >= 0.6 is 11.6 Å². The van der Waals surface area contributed by atoms with E-state index in [1.165, 1.54) is 17.2 Å². The number of nitrogens with one attached hydrogen (secondary N) is 1. The van der Waals surface area contributed by atoms with Crippen molar-refractivity contribution in [1.29, 1.82) is 0 Å². The van der Waals surface area contributed by atoms with E-state index >= 15 is 0 Å². The highest BCUT2D eigenvalue weighted by atomic mass is 35.5. The lowest BCUT2D eigenvalue weighted by molar-refractivity contribution is 0.565. The molecule has 1 nitrogen and oxygen atoms in total. The third-order valence-corrected chi connectivity index (χ3v) is 5.56. The first-order valence-electron chi connectivity index (χ1n) is 8.07. The van der Waals surface area contributed by atoms with Crippen LogP contribution in [0.3, 0.4) is 0 Å². The van der Waals surface area contributed by atoms with Crippen LogP contribution in [0.1, 0.15) is 36.5 Å². The van der Waals surface area contributed by atoms with Crippen molar-refractivity contribution in [2.75, 3.05) is 11.9 Å². The third-order valence-electron chi connectivity index (χ3n) is 5.27. The van der Waals surface area contributed by atoms with E-state index in [2.05, 4.69) is 50.4 Å². The van der Waals surface area contributed by atoms with Crippen molar-refractivity contribution in [2.24, 2.45) is 11.3 Å². The largest absolute Gasteiger partial charge is 0.384 e. The van der Waals surface area contributed by atoms with Crippen LogP contribution in [0.4, 0.5) is 10.1 Å². The van der Waals surface area contributed by atoms with Crippen molar-refractivity contribution in [3.63, 3.8) is 0 Å². The number of hydrogen-bond donors (Lipinski definition) is 1. The number of anilines is 1. The van der Waals surface area contributed by atoms with Crippen LogP contribution < -0.4 is 5.32 Å². The van der Waals surface area contributed by atoms with Gasteiger partial charge >= 0.3 is 0 Å². The summed E-state index contributed by atoms with van der Waals surface area (Å²) in [6.45, 7) is 9.51. The van der Waals surface area contributed by atoms with Crippen LogP contribution in [0.15, 0.2) is 36.4 Å². The molecule has 2 aromatic rings. The number of hydrogen-bond acceptors (Lipinski definition) is 1. The van der Waals surface area contributed by atoms with Crippen molar-refractivity contribution in [3.8, 4) is 0 Å². The predicted octanol–water partition coefficient (Wildman–Crippen LogP) is 5.95. The Morgan fingerprint density at radius 2 is 1.78 bits per heavy atom. The summed E-state index contributed by atoms with van der Waals surface area (Å²) in [6.07, 6.45) is 0. The fourth-order valence-corrected chi connectivity index (χ4v) is 3.78. The van der Waals surface area contributed by atoms with Gasteiger partial charge in [-0.2, -0.15) is 0 Å². The van der Waals surface area contributed by atoms with Gasteiger partial charge in [-0.15, -0.1) is 0 Å². The van der Waals surface area contributed by atoms with Crippen molar-refractivity contribution >= 4 is 17.3 Å². The maximum atomic E-state index is 13.5. The molecule has 1 aliphatic carbocycles. The Kier molecular flexibility index (Phi) is 4.14. The molecule has 2 aromatic carbocycles. The minimum atomic E-state index is -0.362. The van der Waals surface area contributed by atoms with Crippen LogP contribution in [0.25, 0.3) is 0 Å². The van der Waals surface area contributed by atoms with Crippen molar-refractivity contribution in [1.82, 2.24) is 0 Å². The molecule has 0 heterocycles. The zero-order valence-electron chi connectivity index (χ0n) is 14.1. The van der Waals surface area contributed by atoms with Gasteiger partial charge in [-0.25, -0.2) is 4.39 Å². The van der Waals surface area contributed by atoms with E-state index in [0.29, 0.717) is 11.8 Å². The van der Waals surface area contributed by atoms with Crippen LogP contribution in [-0.4, -0.2) is 6.54 Å². The normalized spacial score (nSPS) is 22.0. The van der Waals surface area contributed by atoms with Gasteiger partial charge < -0.3 is 5.32 Å². The molecule has 0 amide bonds. The Hall–Kier alpha value is -1.54. The molecule has 0 unspecified atom stereocenters. The molecular formula is C20H23ClFN. The second-order valence-corrected chi connectivity index (χ2v) is 7.69.